The van der Waals surface area contributed by atoms with E-state index in [0.717, 1.165) is 51.9 Å². The van der Waals surface area contributed by atoms with Gasteiger partial charge in [-0.1, -0.05) is 0 Å². The molecule has 3 amide bonds. The lowest BCUT2D eigenvalue weighted by molar-refractivity contribution is -0.126. The Bertz CT molecular complexity index is 751. The highest BCUT2D eigenvalue weighted by Gasteiger charge is 2.38. The third-order valence-electron chi connectivity index (χ3n) is 6.54. The van der Waals surface area contributed by atoms with Crippen LogP contribution >= 0.6 is 0 Å². The number of nitrogens with one attached hydrogen (secondary N) is 1. The monoisotopic (exact) mass is 387 g/mol. The molecular formula is C21H26FN3O3. The predicted molar refractivity (Wildman–Crippen MR) is 101 cm³/mol. The first-order chi connectivity index (χ1) is 13.5. The summed E-state index contributed by atoms with van der Waals surface area (Å²) in [4.78, 5) is 39.9. The first kappa shape index (κ1) is 19.1. The van der Waals surface area contributed by atoms with E-state index in [9.17, 15) is 18.8 Å². The molecule has 1 atom stereocenters. The summed E-state index contributed by atoms with van der Waals surface area (Å²) in [6, 6.07) is 5.45. The molecule has 0 bridgehead atoms. The summed E-state index contributed by atoms with van der Waals surface area (Å²) < 4.78 is 13.0. The Morgan fingerprint density at radius 3 is 2.04 bits per heavy atom. The highest BCUT2D eigenvalue weighted by atomic mass is 19.1. The van der Waals surface area contributed by atoms with Gasteiger partial charge in [0.1, 0.15) is 5.82 Å². The fraction of sp³-hybridized carbons (Fsp3) is 0.571. The molecule has 3 saturated heterocycles. The van der Waals surface area contributed by atoms with Crippen LogP contribution in [-0.4, -0.2) is 59.7 Å². The van der Waals surface area contributed by atoms with E-state index < -0.39 is 0 Å². The largest absolute Gasteiger partial charge is 0.339 e. The van der Waals surface area contributed by atoms with Crippen LogP contribution in [0.4, 0.5) is 4.39 Å². The molecule has 3 heterocycles. The van der Waals surface area contributed by atoms with Crippen molar-refractivity contribution in [1.29, 1.82) is 0 Å². The minimum Gasteiger partial charge on any atom is -0.339 e. The second kappa shape index (κ2) is 7.99. The van der Waals surface area contributed by atoms with Gasteiger partial charge < -0.3 is 4.90 Å². The minimum absolute atomic E-state index is 0.0230. The Balaban J connectivity index is 1.26. The lowest BCUT2D eigenvalue weighted by Crippen LogP contribution is -2.47. The van der Waals surface area contributed by atoms with E-state index in [2.05, 4.69) is 10.2 Å². The fourth-order valence-corrected chi connectivity index (χ4v) is 4.89. The number of rotatable bonds is 3. The maximum Gasteiger partial charge on any atom is 0.253 e. The molecular weight excluding hydrogens is 361 g/mol. The number of amides is 3. The average Bonchev–Trinajstić information content (AvgIpc) is 3.06. The van der Waals surface area contributed by atoms with Gasteiger partial charge in [0.2, 0.25) is 11.8 Å². The summed E-state index contributed by atoms with van der Waals surface area (Å²) >= 11 is 0. The molecule has 1 N–H and O–H groups in total. The molecule has 28 heavy (non-hydrogen) atoms. The van der Waals surface area contributed by atoms with Crippen molar-refractivity contribution in [2.45, 2.75) is 38.1 Å². The molecule has 3 fully saturated rings. The van der Waals surface area contributed by atoms with Gasteiger partial charge >= 0.3 is 0 Å². The molecule has 3 aliphatic rings. The van der Waals surface area contributed by atoms with Gasteiger partial charge in [0.05, 0.1) is 12.5 Å². The number of halogens is 1. The first-order valence-electron chi connectivity index (χ1n) is 10.1. The maximum atomic E-state index is 13.0. The highest BCUT2D eigenvalue weighted by Crippen LogP contribution is 2.34. The number of hydrogen-bond acceptors (Lipinski definition) is 4. The van der Waals surface area contributed by atoms with Gasteiger partial charge in [0.15, 0.2) is 0 Å². The Labute approximate surface area is 164 Å². The van der Waals surface area contributed by atoms with Gasteiger partial charge in [-0.2, -0.15) is 0 Å². The van der Waals surface area contributed by atoms with Crippen molar-refractivity contribution in [1.82, 2.24) is 15.1 Å². The molecule has 1 aromatic carbocycles. The van der Waals surface area contributed by atoms with Crippen LogP contribution in [0.25, 0.3) is 0 Å². The zero-order chi connectivity index (χ0) is 19.7. The summed E-state index contributed by atoms with van der Waals surface area (Å²) in [6.45, 7) is 3.18. The van der Waals surface area contributed by atoms with Crippen LogP contribution in [0.3, 0.4) is 0 Å². The van der Waals surface area contributed by atoms with Crippen LogP contribution in [0, 0.1) is 17.7 Å². The molecule has 7 heteroatoms. The number of benzene rings is 1. The van der Waals surface area contributed by atoms with Crippen molar-refractivity contribution in [2.24, 2.45) is 11.8 Å². The summed E-state index contributed by atoms with van der Waals surface area (Å²) in [5.74, 6) is 0.524. The fourth-order valence-electron chi connectivity index (χ4n) is 4.89. The van der Waals surface area contributed by atoms with Gasteiger partial charge in [-0.15, -0.1) is 0 Å². The number of carbonyl (C=O) groups excluding carboxylic acids is 3. The van der Waals surface area contributed by atoms with Crippen LogP contribution in [0.2, 0.25) is 0 Å². The van der Waals surface area contributed by atoms with Gasteiger partial charge in [0.25, 0.3) is 5.91 Å². The SMILES string of the molecule is O=C1CC(N2CCC(C3CCN(C(=O)c4ccc(F)cc4)CC3)CC2)C(=O)N1. The Morgan fingerprint density at radius 2 is 1.50 bits per heavy atom. The number of piperidine rings is 2. The average molecular weight is 387 g/mol. The smallest absolute Gasteiger partial charge is 0.253 e. The summed E-state index contributed by atoms with van der Waals surface area (Å²) in [7, 11) is 0. The Kier molecular flexibility index (Phi) is 5.44. The van der Waals surface area contributed by atoms with E-state index in [-0.39, 0.29) is 36.0 Å². The molecule has 1 aromatic rings. The van der Waals surface area contributed by atoms with Crippen LogP contribution in [0.1, 0.15) is 42.5 Å². The highest BCUT2D eigenvalue weighted by molar-refractivity contribution is 6.05. The lowest BCUT2D eigenvalue weighted by atomic mass is 9.78. The van der Waals surface area contributed by atoms with Crippen LogP contribution in [0.15, 0.2) is 24.3 Å². The molecule has 0 aliphatic carbocycles. The first-order valence-corrected chi connectivity index (χ1v) is 10.1. The van der Waals surface area contributed by atoms with Crippen LogP contribution in [0.5, 0.6) is 0 Å². The van der Waals surface area contributed by atoms with E-state index in [4.69, 9.17) is 0 Å². The van der Waals surface area contributed by atoms with Gasteiger partial charge in [-0.05, 0) is 74.9 Å². The Morgan fingerprint density at radius 1 is 0.929 bits per heavy atom. The van der Waals surface area contributed by atoms with Crippen molar-refractivity contribution in [2.75, 3.05) is 26.2 Å². The van der Waals surface area contributed by atoms with E-state index in [1.807, 2.05) is 4.90 Å². The molecule has 1 unspecified atom stereocenters. The second-order valence-corrected chi connectivity index (χ2v) is 8.14. The van der Waals surface area contributed by atoms with E-state index in [1.165, 1.54) is 12.1 Å². The summed E-state index contributed by atoms with van der Waals surface area (Å²) in [5, 5.41) is 2.39. The lowest BCUT2D eigenvalue weighted by Gasteiger charge is -2.41. The van der Waals surface area contributed by atoms with Crippen LogP contribution < -0.4 is 5.32 Å². The van der Waals surface area contributed by atoms with E-state index >= 15 is 0 Å². The maximum absolute atomic E-state index is 13.0. The van der Waals surface area contributed by atoms with Gasteiger partial charge in [-0.25, -0.2) is 4.39 Å². The zero-order valence-corrected chi connectivity index (χ0v) is 15.9. The van der Waals surface area contributed by atoms with Gasteiger partial charge in [0, 0.05) is 18.7 Å². The number of imide groups is 1. The van der Waals surface area contributed by atoms with Crippen molar-refractivity contribution < 1.29 is 18.8 Å². The molecule has 3 aliphatic heterocycles. The summed E-state index contributed by atoms with van der Waals surface area (Å²) in [6.07, 6.45) is 4.33. The standard InChI is InChI=1S/C21H26FN3O3/c22-17-3-1-16(2-4-17)21(28)25-11-7-15(8-12-25)14-5-9-24(10-6-14)18-13-19(26)23-20(18)27/h1-4,14-15,18H,5-13H2,(H,23,26,27). The molecule has 6 nitrogen and oxygen atoms in total. The number of likely N-dealkylation sites (tertiary alicyclic amines) is 2. The van der Waals surface area contributed by atoms with Crippen molar-refractivity contribution in [3.63, 3.8) is 0 Å². The Hall–Kier alpha value is -2.28. The van der Waals surface area contributed by atoms with Crippen molar-refractivity contribution >= 4 is 17.7 Å². The summed E-state index contributed by atoms with van der Waals surface area (Å²) in [5.41, 5.74) is 0.539. The zero-order valence-electron chi connectivity index (χ0n) is 15.9. The molecule has 150 valence electrons. The van der Waals surface area contributed by atoms with E-state index in [1.54, 1.807) is 12.1 Å². The topological polar surface area (TPSA) is 69.7 Å². The molecule has 0 radical (unpaired) electrons. The van der Waals surface area contributed by atoms with Crippen molar-refractivity contribution in [3.05, 3.63) is 35.6 Å². The van der Waals surface area contributed by atoms with Crippen molar-refractivity contribution in [3.8, 4) is 0 Å². The third kappa shape index (κ3) is 3.94. The molecule has 0 saturated carbocycles. The number of hydrogen-bond donors (Lipinski definition) is 1. The minimum atomic E-state index is -0.332. The van der Waals surface area contributed by atoms with E-state index in [0.29, 0.717) is 17.4 Å². The molecule has 4 rings (SSSR count). The van der Waals surface area contributed by atoms with Crippen LogP contribution in [-0.2, 0) is 9.59 Å². The quantitative estimate of drug-likeness (QED) is 0.803. The number of carbonyl (C=O) groups is 3. The second-order valence-electron chi connectivity index (χ2n) is 8.14. The third-order valence-corrected chi connectivity index (χ3v) is 6.54. The number of nitrogens with zero attached hydrogens (tertiary/aromatic N) is 2. The molecule has 0 spiro atoms. The molecule has 0 aromatic heterocycles. The van der Waals surface area contributed by atoms with Gasteiger partial charge in [-0.3, -0.25) is 24.6 Å². The predicted octanol–water partition coefficient (Wildman–Crippen LogP) is 1.80. The normalized spacial score (nSPS) is 25.2.